The van der Waals surface area contributed by atoms with Crippen LogP contribution in [0.1, 0.15) is 12.0 Å². The molecule has 0 saturated heterocycles. The number of amides is 1. The van der Waals surface area contributed by atoms with Crippen LogP contribution in [0, 0.1) is 0 Å². The summed E-state index contributed by atoms with van der Waals surface area (Å²) >= 11 is 3.16. The molecule has 1 aliphatic rings. The molecule has 8 heteroatoms. The minimum absolute atomic E-state index is 0.160. The Morgan fingerprint density at radius 3 is 2.90 bits per heavy atom. The van der Waals surface area contributed by atoms with Gasteiger partial charge in [-0.1, -0.05) is 29.6 Å². The average Bonchev–Trinajstić information content (AvgIpc) is 2.91. The smallest absolute Gasteiger partial charge is 0.326 e. The van der Waals surface area contributed by atoms with E-state index in [2.05, 4.69) is 10.3 Å². The minimum Gasteiger partial charge on any atom is -0.326 e. The third-order valence-electron chi connectivity index (χ3n) is 2.59. The summed E-state index contributed by atoms with van der Waals surface area (Å²) < 4.78 is 38.6. The van der Waals surface area contributed by atoms with Crippen molar-refractivity contribution in [3.63, 3.8) is 0 Å². The predicted molar refractivity (Wildman–Crippen MR) is 81.9 cm³/mol. The van der Waals surface area contributed by atoms with Crippen LogP contribution in [-0.2, 0) is 11.0 Å². The first-order valence-electron chi connectivity index (χ1n) is 6.22. The minimum atomic E-state index is -4.41. The van der Waals surface area contributed by atoms with Gasteiger partial charge < -0.3 is 5.32 Å². The Morgan fingerprint density at radius 1 is 1.43 bits per heavy atom. The lowest BCUT2D eigenvalue weighted by molar-refractivity contribution is -0.137. The summed E-state index contributed by atoms with van der Waals surface area (Å²) in [5, 5.41) is 2.48. The molecular formula is C13H13F3N2OS2. The summed E-state index contributed by atoms with van der Waals surface area (Å²) in [6.45, 7) is 0.809. The Kier molecular flexibility index (Phi) is 5.58. The fourth-order valence-electron chi connectivity index (χ4n) is 1.63. The second kappa shape index (κ2) is 7.22. The van der Waals surface area contributed by atoms with E-state index in [9.17, 15) is 18.0 Å². The fourth-order valence-corrected chi connectivity index (χ4v) is 3.65. The number of carbonyl (C=O) groups is 1. The number of alkyl halides is 3. The molecule has 1 heterocycles. The molecule has 1 N–H and O–H groups in total. The lowest BCUT2D eigenvalue weighted by Crippen LogP contribution is -2.13. The monoisotopic (exact) mass is 334 g/mol. The highest BCUT2D eigenvalue weighted by molar-refractivity contribution is 8.39. The Bertz CT molecular complexity index is 546. The van der Waals surface area contributed by atoms with Gasteiger partial charge in [0.2, 0.25) is 5.91 Å². The van der Waals surface area contributed by atoms with Crippen molar-refractivity contribution in [3.8, 4) is 0 Å². The molecule has 0 radical (unpaired) electrons. The van der Waals surface area contributed by atoms with Crippen LogP contribution in [0.15, 0.2) is 29.3 Å². The maximum Gasteiger partial charge on any atom is 0.416 e. The van der Waals surface area contributed by atoms with Crippen LogP contribution < -0.4 is 5.32 Å². The Morgan fingerprint density at radius 2 is 2.24 bits per heavy atom. The normalized spacial score (nSPS) is 14.9. The largest absolute Gasteiger partial charge is 0.416 e. The lowest BCUT2D eigenvalue weighted by Gasteiger charge is -2.09. The zero-order valence-corrected chi connectivity index (χ0v) is 12.6. The first-order valence-corrected chi connectivity index (χ1v) is 8.19. The average molecular weight is 334 g/mol. The molecule has 1 aliphatic heterocycles. The number of halogens is 3. The number of hydrogen-bond donors (Lipinski definition) is 1. The SMILES string of the molecule is O=C(CCSC1=NCCS1)Nc1cccc(C(F)(F)F)c1. The lowest BCUT2D eigenvalue weighted by atomic mass is 10.2. The molecule has 0 atom stereocenters. The van der Waals surface area contributed by atoms with Crippen molar-refractivity contribution in [1.82, 2.24) is 0 Å². The molecule has 0 aromatic heterocycles. The molecule has 3 nitrogen and oxygen atoms in total. The molecular weight excluding hydrogens is 321 g/mol. The Hall–Kier alpha value is -1.15. The van der Waals surface area contributed by atoms with Crippen LogP contribution in [-0.4, -0.2) is 28.3 Å². The highest BCUT2D eigenvalue weighted by Gasteiger charge is 2.30. The molecule has 0 unspecified atom stereocenters. The van der Waals surface area contributed by atoms with Gasteiger partial charge in [0, 0.05) is 23.6 Å². The van der Waals surface area contributed by atoms with Crippen LogP contribution >= 0.6 is 23.5 Å². The molecule has 0 spiro atoms. The quantitative estimate of drug-likeness (QED) is 0.909. The number of nitrogens with one attached hydrogen (secondary N) is 1. The fraction of sp³-hybridized carbons (Fsp3) is 0.385. The number of nitrogens with zero attached hydrogens (tertiary/aromatic N) is 1. The number of thioether (sulfide) groups is 2. The van der Waals surface area contributed by atoms with Gasteiger partial charge in [0.05, 0.1) is 12.1 Å². The highest BCUT2D eigenvalue weighted by atomic mass is 32.2. The summed E-state index contributed by atoms with van der Waals surface area (Å²) in [5.41, 5.74) is -0.612. The van der Waals surface area contributed by atoms with E-state index in [1.54, 1.807) is 11.8 Å². The molecule has 0 bridgehead atoms. The standard InChI is InChI=1S/C13H13F3N2OS2/c14-13(15,16)9-2-1-3-10(8-9)18-11(19)4-6-20-12-17-5-7-21-12/h1-3,8H,4-7H2,(H,18,19). The van der Waals surface area contributed by atoms with E-state index in [1.165, 1.54) is 23.9 Å². The molecule has 1 aromatic carbocycles. The molecule has 0 aliphatic carbocycles. The predicted octanol–water partition coefficient (Wildman–Crippen LogP) is 3.87. The van der Waals surface area contributed by atoms with Crippen LogP contribution in [0.4, 0.5) is 18.9 Å². The van der Waals surface area contributed by atoms with E-state index in [1.807, 2.05) is 0 Å². The van der Waals surface area contributed by atoms with Gasteiger partial charge in [-0.3, -0.25) is 9.79 Å². The number of hydrogen-bond acceptors (Lipinski definition) is 4. The third kappa shape index (κ3) is 5.28. The molecule has 21 heavy (non-hydrogen) atoms. The van der Waals surface area contributed by atoms with Gasteiger partial charge in [-0.05, 0) is 18.2 Å². The Balaban J connectivity index is 1.82. The number of benzene rings is 1. The van der Waals surface area contributed by atoms with E-state index >= 15 is 0 Å². The molecule has 1 aromatic rings. The summed E-state index contributed by atoms with van der Waals surface area (Å²) in [6, 6.07) is 4.62. The van der Waals surface area contributed by atoms with Crippen LogP contribution in [0.2, 0.25) is 0 Å². The van der Waals surface area contributed by atoms with Crippen LogP contribution in [0.25, 0.3) is 0 Å². The van der Waals surface area contributed by atoms with Gasteiger partial charge in [0.1, 0.15) is 4.38 Å². The Labute approximate surface area is 128 Å². The topological polar surface area (TPSA) is 41.5 Å². The third-order valence-corrected chi connectivity index (χ3v) is 4.84. The van der Waals surface area contributed by atoms with Gasteiger partial charge in [0.25, 0.3) is 0 Å². The summed E-state index contributed by atoms with van der Waals surface area (Å²) in [7, 11) is 0. The van der Waals surface area contributed by atoms with Crippen molar-refractivity contribution in [2.75, 3.05) is 23.4 Å². The number of rotatable bonds is 4. The molecule has 0 saturated carbocycles. The maximum absolute atomic E-state index is 12.5. The summed E-state index contributed by atoms with van der Waals surface area (Å²) in [4.78, 5) is 15.9. The first-order chi connectivity index (χ1) is 9.95. The first kappa shape index (κ1) is 16.2. The molecule has 2 rings (SSSR count). The molecule has 1 amide bonds. The van der Waals surface area contributed by atoms with E-state index in [0.717, 1.165) is 28.8 Å². The van der Waals surface area contributed by atoms with Crippen molar-refractivity contribution in [2.24, 2.45) is 4.99 Å². The van der Waals surface area contributed by atoms with E-state index in [4.69, 9.17) is 0 Å². The van der Waals surface area contributed by atoms with Crippen molar-refractivity contribution in [1.29, 1.82) is 0 Å². The van der Waals surface area contributed by atoms with Crippen molar-refractivity contribution in [2.45, 2.75) is 12.6 Å². The van der Waals surface area contributed by atoms with Crippen molar-refractivity contribution >= 4 is 39.5 Å². The zero-order chi connectivity index (χ0) is 15.3. The van der Waals surface area contributed by atoms with Gasteiger partial charge >= 0.3 is 6.18 Å². The summed E-state index contributed by atoms with van der Waals surface area (Å²) in [5.74, 6) is 1.24. The van der Waals surface area contributed by atoms with E-state index in [-0.39, 0.29) is 18.0 Å². The second-order valence-electron chi connectivity index (χ2n) is 4.22. The molecule has 0 fully saturated rings. The summed E-state index contributed by atoms with van der Waals surface area (Å²) in [6.07, 6.45) is -4.17. The van der Waals surface area contributed by atoms with Gasteiger partial charge in [-0.15, -0.1) is 0 Å². The number of anilines is 1. The zero-order valence-electron chi connectivity index (χ0n) is 10.9. The van der Waals surface area contributed by atoms with E-state index < -0.39 is 11.7 Å². The maximum atomic E-state index is 12.5. The second-order valence-corrected chi connectivity index (χ2v) is 6.65. The van der Waals surface area contributed by atoms with Gasteiger partial charge in [-0.25, -0.2) is 0 Å². The highest BCUT2D eigenvalue weighted by Crippen LogP contribution is 2.30. The van der Waals surface area contributed by atoms with Crippen molar-refractivity contribution in [3.05, 3.63) is 29.8 Å². The van der Waals surface area contributed by atoms with Gasteiger partial charge in [0.15, 0.2) is 0 Å². The molecule has 114 valence electrons. The van der Waals surface area contributed by atoms with Crippen LogP contribution in [0.3, 0.4) is 0 Å². The van der Waals surface area contributed by atoms with Crippen molar-refractivity contribution < 1.29 is 18.0 Å². The van der Waals surface area contributed by atoms with Gasteiger partial charge in [-0.2, -0.15) is 13.2 Å². The van der Waals surface area contributed by atoms with Crippen LogP contribution in [0.5, 0.6) is 0 Å². The number of carbonyl (C=O) groups excluding carboxylic acids is 1. The van der Waals surface area contributed by atoms with E-state index in [0.29, 0.717) is 5.75 Å². The number of aliphatic imine (C=N–C) groups is 1.